The van der Waals surface area contributed by atoms with Gasteiger partial charge in [-0.2, -0.15) is 0 Å². The highest BCUT2D eigenvalue weighted by atomic mass is 16.1. The molecule has 1 aromatic carbocycles. The molecular weight excluding hydrogens is 312 g/mol. The molecule has 2 heterocycles. The second-order valence-electron chi connectivity index (χ2n) is 6.54. The fourth-order valence-corrected chi connectivity index (χ4v) is 3.41. The highest BCUT2D eigenvalue weighted by molar-refractivity contribution is 5.95. The van der Waals surface area contributed by atoms with Gasteiger partial charge in [-0.05, 0) is 48.6 Å². The average Bonchev–Trinajstić information content (AvgIpc) is 2.61. The maximum absolute atomic E-state index is 12.5. The molecule has 0 saturated carbocycles. The molecule has 0 aliphatic heterocycles. The van der Waals surface area contributed by atoms with Gasteiger partial charge in [0.2, 0.25) is 5.91 Å². The van der Waals surface area contributed by atoms with Gasteiger partial charge in [0, 0.05) is 23.3 Å². The van der Waals surface area contributed by atoms with E-state index in [0.717, 1.165) is 52.7 Å². The van der Waals surface area contributed by atoms with Crippen LogP contribution in [0.3, 0.4) is 0 Å². The number of amides is 1. The van der Waals surface area contributed by atoms with Gasteiger partial charge in [-0.15, -0.1) is 0 Å². The standard InChI is InChI=1S/C20H20N4O/c21-15-6-7-18-14(9-15)10-16(12-23-18)24-20(25)11-13-3-1-5-19-17(13)4-2-8-22-19/h1-5,8,10,12,15H,6-7,9,11,21H2,(H,24,25). The lowest BCUT2D eigenvalue weighted by Gasteiger charge is -2.21. The number of rotatable bonds is 3. The minimum atomic E-state index is -0.0572. The number of aromatic nitrogens is 2. The van der Waals surface area contributed by atoms with Gasteiger partial charge in [0.15, 0.2) is 0 Å². The molecule has 0 radical (unpaired) electrons. The summed E-state index contributed by atoms with van der Waals surface area (Å²) < 4.78 is 0. The Bertz CT molecular complexity index is 933. The monoisotopic (exact) mass is 332 g/mol. The van der Waals surface area contributed by atoms with E-state index in [4.69, 9.17) is 5.73 Å². The SMILES string of the molecule is NC1CCc2ncc(NC(=O)Cc3cccc4ncccc34)cc2C1. The third kappa shape index (κ3) is 3.37. The fraction of sp³-hybridized carbons (Fsp3) is 0.250. The number of fused-ring (bicyclic) bond motifs is 2. The van der Waals surface area contributed by atoms with Gasteiger partial charge < -0.3 is 11.1 Å². The number of aryl methyl sites for hydroxylation is 1. The van der Waals surface area contributed by atoms with E-state index in [1.165, 1.54) is 0 Å². The van der Waals surface area contributed by atoms with E-state index < -0.39 is 0 Å². The second kappa shape index (κ2) is 6.61. The summed E-state index contributed by atoms with van der Waals surface area (Å²) in [4.78, 5) is 21.3. The molecule has 1 amide bonds. The van der Waals surface area contributed by atoms with Crippen LogP contribution in [0.2, 0.25) is 0 Å². The molecule has 126 valence electrons. The van der Waals surface area contributed by atoms with Crippen molar-refractivity contribution in [1.82, 2.24) is 9.97 Å². The number of hydrogen-bond acceptors (Lipinski definition) is 4. The molecule has 4 rings (SSSR count). The molecule has 2 aromatic heterocycles. The molecule has 25 heavy (non-hydrogen) atoms. The molecular formula is C20H20N4O. The van der Waals surface area contributed by atoms with Gasteiger partial charge in [-0.1, -0.05) is 18.2 Å². The predicted molar refractivity (Wildman–Crippen MR) is 98.3 cm³/mol. The summed E-state index contributed by atoms with van der Waals surface area (Å²) in [7, 11) is 0. The molecule has 0 saturated heterocycles. The quantitative estimate of drug-likeness (QED) is 0.772. The Morgan fingerprint density at radius 3 is 3.08 bits per heavy atom. The van der Waals surface area contributed by atoms with E-state index in [-0.39, 0.29) is 11.9 Å². The van der Waals surface area contributed by atoms with Crippen molar-refractivity contribution in [2.24, 2.45) is 5.73 Å². The van der Waals surface area contributed by atoms with Crippen molar-refractivity contribution in [3.8, 4) is 0 Å². The van der Waals surface area contributed by atoms with E-state index in [9.17, 15) is 4.79 Å². The number of nitrogens with one attached hydrogen (secondary N) is 1. The molecule has 3 N–H and O–H groups in total. The van der Waals surface area contributed by atoms with Crippen molar-refractivity contribution in [2.45, 2.75) is 31.7 Å². The van der Waals surface area contributed by atoms with Gasteiger partial charge in [-0.25, -0.2) is 0 Å². The van der Waals surface area contributed by atoms with E-state index >= 15 is 0 Å². The van der Waals surface area contributed by atoms with Crippen LogP contribution in [0.4, 0.5) is 5.69 Å². The van der Waals surface area contributed by atoms with Crippen LogP contribution in [0.25, 0.3) is 10.9 Å². The Kier molecular flexibility index (Phi) is 4.15. The second-order valence-corrected chi connectivity index (χ2v) is 6.54. The minimum Gasteiger partial charge on any atom is -0.327 e. The highest BCUT2D eigenvalue weighted by Crippen LogP contribution is 2.22. The first-order valence-corrected chi connectivity index (χ1v) is 8.55. The lowest BCUT2D eigenvalue weighted by atomic mass is 9.92. The summed E-state index contributed by atoms with van der Waals surface area (Å²) in [5, 5.41) is 3.97. The number of anilines is 1. The summed E-state index contributed by atoms with van der Waals surface area (Å²) in [5.74, 6) is -0.0572. The third-order valence-corrected chi connectivity index (χ3v) is 4.66. The number of carbonyl (C=O) groups excluding carboxylic acids is 1. The van der Waals surface area contributed by atoms with Gasteiger partial charge in [0.25, 0.3) is 0 Å². The van der Waals surface area contributed by atoms with Crippen molar-refractivity contribution in [3.05, 3.63) is 65.6 Å². The van der Waals surface area contributed by atoms with E-state index in [0.29, 0.717) is 6.42 Å². The van der Waals surface area contributed by atoms with Crippen LogP contribution < -0.4 is 11.1 Å². The zero-order valence-corrected chi connectivity index (χ0v) is 13.9. The van der Waals surface area contributed by atoms with Gasteiger partial charge in [-0.3, -0.25) is 14.8 Å². The lowest BCUT2D eigenvalue weighted by Crippen LogP contribution is -2.28. The number of carbonyl (C=O) groups is 1. The Hall–Kier alpha value is -2.79. The van der Waals surface area contributed by atoms with Crippen LogP contribution >= 0.6 is 0 Å². The molecule has 1 unspecified atom stereocenters. The predicted octanol–water partition coefficient (Wildman–Crippen LogP) is 2.63. The molecule has 1 aliphatic rings. The maximum Gasteiger partial charge on any atom is 0.228 e. The molecule has 5 heteroatoms. The van der Waals surface area contributed by atoms with Crippen LogP contribution in [0, 0.1) is 0 Å². The van der Waals surface area contributed by atoms with Crippen molar-refractivity contribution < 1.29 is 4.79 Å². The first kappa shape index (κ1) is 15.7. The molecule has 0 bridgehead atoms. The summed E-state index contributed by atoms with van der Waals surface area (Å²) in [5.41, 5.74) is 10.9. The Morgan fingerprint density at radius 1 is 1.24 bits per heavy atom. The van der Waals surface area contributed by atoms with Crippen LogP contribution in [0.1, 0.15) is 23.2 Å². The number of nitrogens with zero attached hydrogens (tertiary/aromatic N) is 2. The van der Waals surface area contributed by atoms with Gasteiger partial charge in [0.1, 0.15) is 0 Å². The Labute approximate surface area is 146 Å². The summed E-state index contributed by atoms with van der Waals surface area (Å²) in [6, 6.07) is 11.9. The summed E-state index contributed by atoms with van der Waals surface area (Å²) in [6.07, 6.45) is 6.50. The Balaban J connectivity index is 1.51. The third-order valence-electron chi connectivity index (χ3n) is 4.66. The minimum absolute atomic E-state index is 0.0572. The van der Waals surface area contributed by atoms with Crippen LogP contribution in [-0.4, -0.2) is 21.9 Å². The van der Waals surface area contributed by atoms with Crippen molar-refractivity contribution in [3.63, 3.8) is 0 Å². The molecule has 1 aliphatic carbocycles. The maximum atomic E-state index is 12.5. The zero-order chi connectivity index (χ0) is 17.2. The first-order chi connectivity index (χ1) is 12.2. The van der Waals surface area contributed by atoms with E-state index in [2.05, 4.69) is 15.3 Å². The average molecular weight is 332 g/mol. The van der Waals surface area contributed by atoms with Gasteiger partial charge in [0.05, 0.1) is 23.8 Å². The van der Waals surface area contributed by atoms with Gasteiger partial charge >= 0.3 is 0 Å². The normalized spacial score (nSPS) is 16.4. The zero-order valence-electron chi connectivity index (χ0n) is 13.9. The lowest BCUT2D eigenvalue weighted by molar-refractivity contribution is -0.115. The molecule has 0 spiro atoms. The number of nitrogens with two attached hydrogens (primary N) is 1. The molecule has 0 fully saturated rings. The number of hydrogen-bond donors (Lipinski definition) is 2. The van der Waals surface area contributed by atoms with Crippen molar-refractivity contribution in [2.75, 3.05) is 5.32 Å². The summed E-state index contributed by atoms with van der Waals surface area (Å²) in [6.45, 7) is 0. The van der Waals surface area contributed by atoms with E-state index in [1.807, 2.05) is 36.4 Å². The molecule has 1 atom stereocenters. The first-order valence-electron chi connectivity index (χ1n) is 8.55. The topological polar surface area (TPSA) is 80.9 Å². The van der Waals surface area contributed by atoms with Crippen molar-refractivity contribution >= 4 is 22.5 Å². The van der Waals surface area contributed by atoms with Crippen LogP contribution in [-0.2, 0) is 24.1 Å². The smallest absolute Gasteiger partial charge is 0.228 e. The van der Waals surface area contributed by atoms with E-state index in [1.54, 1.807) is 12.4 Å². The summed E-state index contributed by atoms with van der Waals surface area (Å²) >= 11 is 0. The largest absolute Gasteiger partial charge is 0.327 e. The fourth-order valence-electron chi connectivity index (χ4n) is 3.41. The van der Waals surface area contributed by atoms with Crippen LogP contribution in [0.15, 0.2) is 48.8 Å². The molecule has 3 aromatic rings. The number of benzene rings is 1. The number of pyridine rings is 2. The Morgan fingerprint density at radius 2 is 2.16 bits per heavy atom. The highest BCUT2D eigenvalue weighted by Gasteiger charge is 2.17. The molecule has 5 nitrogen and oxygen atoms in total. The van der Waals surface area contributed by atoms with Crippen LogP contribution in [0.5, 0.6) is 0 Å². The van der Waals surface area contributed by atoms with Crippen molar-refractivity contribution in [1.29, 1.82) is 0 Å².